The second-order valence-electron chi connectivity index (χ2n) is 4.98. The number of carbonyl (C=O) groups excluding carboxylic acids is 1. The van der Waals surface area contributed by atoms with Gasteiger partial charge in [-0.15, -0.1) is 0 Å². The molecule has 0 bridgehead atoms. The summed E-state index contributed by atoms with van der Waals surface area (Å²) in [4.78, 5) is 16.1. The van der Waals surface area contributed by atoms with Crippen molar-refractivity contribution in [2.45, 2.75) is 50.9 Å². The highest BCUT2D eigenvalue weighted by Gasteiger charge is 2.34. The lowest BCUT2D eigenvalue weighted by molar-refractivity contribution is -0.148. The number of rotatable bonds is 7. The number of thioether (sulfide) groups is 1. The second-order valence-corrected chi connectivity index (χ2v) is 6.02. The van der Waals surface area contributed by atoms with Crippen LogP contribution >= 0.6 is 11.8 Å². The lowest BCUT2D eigenvalue weighted by Gasteiger charge is -2.29. The number of hydrogen-bond donors (Lipinski definition) is 1. The monoisotopic (exact) mass is 286 g/mol. The molecule has 1 aromatic rings. The van der Waals surface area contributed by atoms with Gasteiger partial charge in [-0.25, -0.2) is 4.98 Å². The van der Waals surface area contributed by atoms with E-state index in [1.807, 2.05) is 27.7 Å². The van der Waals surface area contributed by atoms with E-state index in [1.54, 1.807) is 6.26 Å². The summed E-state index contributed by atoms with van der Waals surface area (Å²) in [6.07, 6.45) is 2.26. The average Bonchev–Trinajstić information content (AvgIpc) is 2.73. The van der Waals surface area contributed by atoms with E-state index in [2.05, 4.69) is 10.3 Å². The molecule has 1 unspecified atom stereocenters. The van der Waals surface area contributed by atoms with Crippen molar-refractivity contribution in [2.75, 3.05) is 12.9 Å². The number of nitrogens with one attached hydrogen (secondary N) is 1. The molecular weight excluding hydrogens is 264 g/mol. The summed E-state index contributed by atoms with van der Waals surface area (Å²) < 4.78 is 10.1. The SMILES string of the molecule is COC(=O)C(C)(CCSc1nc(C)co1)NC(C)C. The summed E-state index contributed by atoms with van der Waals surface area (Å²) in [6, 6.07) is 0.207. The van der Waals surface area contributed by atoms with Gasteiger partial charge in [-0.05, 0) is 34.1 Å². The molecule has 108 valence electrons. The van der Waals surface area contributed by atoms with Crippen LogP contribution < -0.4 is 5.32 Å². The van der Waals surface area contributed by atoms with E-state index in [4.69, 9.17) is 9.15 Å². The van der Waals surface area contributed by atoms with Gasteiger partial charge in [0.05, 0.1) is 12.8 Å². The minimum absolute atomic E-state index is 0.207. The summed E-state index contributed by atoms with van der Waals surface area (Å²) in [5.41, 5.74) is 0.177. The fourth-order valence-corrected chi connectivity index (χ4v) is 2.85. The molecule has 0 saturated heterocycles. The Bertz CT molecular complexity index is 420. The fourth-order valence-electron chi connectivity index (χ4n) is 1.84. The Hall–Kier alpha value is -1.01. The Morgan fingerprint density at radius 1 is 1.63 bits per heavy atom. The Morgan fingerprint density at radius 3 is 2.79 bits per heavy atom. The Labute approximate surface area is 118 Å². The molecule has 1 rings (SSSR count). The molecule has 0 spiro atoms. The minimum Gasteiger partial charge on any atom is -0.468 e. The van der Waals surface area contributed by atoms with Crippen LogP contribution in [0.2, 0.25) is 0 Å². The molecular formula is C13H22N2O3S. The molecule has 0 radical (unpaired) electrons. The first kappa shape index (κ1) is 16.0. The van der Waals surface area contributed by atoms with Gasteiger partial charge in [-0.2, -0.15) is 0 Å². The van der Waals surface area contributed by atoms with Crippen LogP contribution in [0.4, 0.5) is 0 Å². The van der Waals surface area contributed by atoms with Crippen LogP contribution in [-0.4, -0.2) is 35.4 Å². The van der Waals surface area contributed by atoms with Gasteiger partial charge >= 0.3 is 5.97 Å². The number of aryl methyl sites for hydroxylation is 1. The summed E-state index contributed by atoms with van der Waals surface area (Å²) in [5, 5.41) is 3.89. The van der Waals surface area contributed by atoms with Crippen LogP contribution in [0, 0.1) is 6.92 Å². The summed E-state index contributed by atoms with van der Waals surface area (Å²) in [5.74, 6) is 0.482. The topological polar surface area (TPSA) is 64.4 Å². The third kappa shape index (κ3) is 4.87. The predicted octanol–water partition coefficient (Wildman–Crippen LogP) is 2.39. The zero-order valence-corrected chi connectivity index (χ0v) is 13.0. The second kappa shape index (κ2) is 6.96. The van der Waals surface area contributed by atoms with Gasteiger partial charge in [0, 0.05) is 11.8 Å². The maximum absolute atomic E-state index is 11.9. The van der Waals surface area contributed by atoms with Gasteiger partial charge in [0.15, 0.2) is 0 Å². The maximum atomic E-state index is 11.9. The Morgan fingerprint density at radius 2 is 2.32 bits per heavy atom. The summed E-state index contributed by atoms with van der Waals surface area (Å²) >= 11 is 1.50. The van der Waals surface area contributed by atoms with Gasteiger partial charge in [-0.1, -0.05) is 11.8 Å². The standard InChI is InChI=1S/C13H22N2O3S/c1-9(2)15-13(4,11(16)17-5)6-7-19-12-14-10(3)8-18-12/h8-9,15H,6-7H2,1-5H3. The average molecular weight is 286 g/mol. The van der Waals surface area contributed by atoms with Crippen LogP contribution in [0.3, 0.4) is 0 Å². The Balaban J connectivity index is 2.55. The van der Waals surface area contributed by atoms with Crippen molar-refractivity contribution in [1.82, 2.24) is 10.3 Å². The van der Waals surface area contributed by atoms with E-state index in [0.717, 1.165) is 11.4 Å². The molecule has 1 aromatic heterocycles. The van der Waals surface area contributed by atoms with Crippen molar-refractivity contribution in [2.24, 2.45) is 0 Å². The minimum atomic E-state index is -0.683. The van der Waals surface area contributed by atoms with E-state index in [0.29, 0.717) is 11.6 Å². The molecule has 0 amide bonds. The van der Waals surface area contributed by atoms with Gasteiger partial charge in [0.1, 0.15) is 11.8 Å². The predicted molar refractivity (Wildman–Crippen MR) is 75.3 cm³/mol. The molecule has 1 N–H and O–H groups in total. The third-order valence-electron chi connectivity index (χ3n) is 2.67. The van der Waals surface area contributed by atoms with E-state index < -0.39 is 5.54 Å². The number of hydrogen-bond acceptors (Lipinski definition) is 6. The maximum Gasteiger partial charge on any atom is 0.325 e. The van der Waals surface area contributed by atoms with Crippen molar-refractivity contribution >= 4 is 17.7 Å². The van der Waals surface area contributed by atoms with Crippen LogP contribution in [0.5, 0.6) is 0 Å². The lowest BCUT2D eigenvalue weighted by atomic mass is 9.98. The van der Waals surface area contributed by atoms with Gasteiger partial charge in [-0.3, -0.25) is 10.1 Å². The largest absolute Gasteiger partial charge is 0.468 e. The molecule has 6 heteroatoms. The van der Waals surface area contributed by atoms with Gasteiger partial charge in [0.25, 0.3) is 5.22 Å². The van der Waals surface area contributed by atoms with Gasteiger partial charge in [0.2, 0.25) is 0 Å². The van der Waals surface area contributed by atoms with Crippen LogP contribution in [0.15, 0.2) is 15.9 Å². The summed E-state index contributed by atoms with van der Waals surface area (Å²) in [7, 11) is 1.41. The first-order valence-corrected chi connectivity index (χ1v) is 7.27. The fraction of sp³-hybridized carbons (Fsp3) is 0.692. The highest BCUT2D eigenvalue weighted by Crippen LogP contribution is 2.22. The van der Waals surface area contributed by atoms with Crippen molar-refractivity contribution in [3.05, 3.63) is 12.0 Å². The number of ether oxygens (including phenoxy) is 1. The quantitative estimate of drug-likeness (QED) is 0.613. The number of carbonyl (C=O) groups is 1. The first-order valence-electron chi connectivity index (χ1n) is 6.28. The van der Waals surface area contributed by atoms with Crippen molar-refractivity contribution in [1.29, 1.82) is 0 Å². The molecule has 5 nitrogen and oxygen atoms in total. The van der Waals surface area contributed by atoms with Crippen LogP contribution in [0.1, 0.15) is 32.9 Å². The third-order valence-corrected chi connectivity index (χ3v) is 3.51. The van der Waals surface area contributed by atoms with E-state index in [-0.39, 0.29) is 12.0 Å². The van der Waals surface area contributed by atoms with Crippen LogP contribution in [-0.2, 0) is 9.53 Å². The first-order chi connectivity index (χ1) is 8.87. The molecule has 19 heavy (non-hydrogen) atoms. The van der Waals surface area contributed by atoms with E-state index in [1.165, 1.54) is 18.9 Å². The number of oxazole rings is 1. The highest BCUT2D eigenvalue weighted by atomic mass is 32.2. The zero-order valence-electron chi connectivity index (χ0n) is 12.1. The smallest absolute Gasteiger partial charge is 0.325 e. The van der Waals surface area contributed by atoms with E-state index in [9.17, 15) is 4.79 Å². The number of nitrogens with zero attached hydrogens (tertiary/aromatic N) is 1. The number of methoxy groups -OCH3 is 1. The molecule has 0 fully saturated rings. The highest BCUT2D eigenvalue weighted by molar-refractivity contribution is 7.99. The normalized spacial score (nSPS) is 14.4. The molecule has 1 atom stereocenters. The number of aromatic nitrogens is 1. The zero-order chi connectivity index (χ0) is 14.5. The molecule has 0 aromatic carbocycles. The van der Waals surface area contributed by atoms with Crippen LogP contribution in [0.25, 0.3) is 0 Å². The van der Waals surface area contributed by atoms with Gasteiger partial charge < -0.3 is 9.15 Å². The molecule has 0 aliphatic carbocycles. The van der Waals surface area contributed by atoms with Crippen molar-refractivity contribution in [3.63, 3.8) is 0 Å². The van der Waals surface area contributed by atoms with Crippen molar-refractivity contribution in [3.8, 4) is 0 Å². The van der Waals surface area contributed by atoms with Crippen molar-refractivity contribution < 1.29 is 13.9 Å². The molecule has 0 saturated carbocycles. The molecule has 0 aliphatic rings. The molecule has 1 heterocycles. The van der Waals surface area contributed by atoms with E-state index >= 15 is 0 Å². The summed E-state index contributed by atoms with van der Waals surface area (Å²) in [6.45, 7) is 7.75. The number of esters is 1. The Kier molecular flexibility index (Phi) is 5.87. The molecule has 0 aliphatic heterocycles. The lowest BCUT2D eigenvalue weighted by Crippen LogP contribution is -2.53.